The van der Waals surface area contributed by atoms with Crippen molar-refractivity contribution in [3.63, 3.8) is 0 Å². The topological polar surface area (TPSA) is 52.6 Å². The second-order valence-corrected chi connectivity index (χ2v) is 6.88. The Labute approximate surface area is 152 Å². The third kappa shape index (κ3) is 8.39. The van der Waals surface area contributed by atoms with Crippen LogP contribution in [0.25, 0.3) is 0 Å². The van der Waals surface area contributed by atoms with Gasteiger partial charge in [0.1, 0.15) is 12.2 Å². The molecule has 0 saturated heterocycles. The Kier molecular flexibility index (Phi) is 9.75. The van der Waals surface area contributed by atoms with E-state index in [0.717, 1.165) is 12.0 Å². The van der Waals surface area contributed by atoms with Crippen molar-refractivity contribution in [3.05, 3.63) is 35.9 Å². The summed E-state index contributed by atoms with van der Waals surface area (Å²) in [6.45, 7) is 9.63. The summed E-state index contributed by atoms with van der Waals surface area (Å²) in [5, 5.41) is 0. The molecule has 1 aromatic carbocycles. The number of carbonyl (C=O) groups is 2. The molecule has 0 fully saturated rings. The Morgan fingerprint density at radius 3 is 2.21 bits per heavy atom. The minimum Gasteiger partial charge on any atom is -0.461 e. The smallest absolute Gasteiger partial charge is 0.310 e. The lowest BCUT2D eigenvalue weighted by molar-refractivity contribution is -0.163. The van der Waals surface area contributed by atoms with Gasteiger partial charge in [-0.05, 0) is 32.3 Å². The van der Waals surface area contributed by atoms with E-state index in [1.165, 1.54) is 0 Å². The van der Waals surface area contributed by atoms with Crippen molar-refractivity contribution in [2.75, 3.05) is 0 Å². The molecule has 0 radical (unpaired) electrons. The maximum absolute atomic E-state index is 12.4. The summed E-state index contributed by atoms with van der Waals surface area (Å²) in [4.78, 5) is 24.4. The van der Waals surface area contributed by atoms with Crippen LogP contribution in [0, 0.1) is 11.8 Å². The highest BCUT2D eigenvalue weighted by Crippen LogP contribution is 2.23. The first-order valence-electron chi connectivity index (χ1n) is 8.15. The van der Waals surface area contributed by atoms with Crippen LogP contribution in [0.15, 0.2) is 30.3 Å². The number of ether oxygens (including phenoxy) is 2. The van der Waals surface area contributed by atoms with Crippen molar-refractivity contribution in [2.45, 2.75) is 59.7 Å². The lowest BCUT2D eigenvalue weighted by Crippen LogP contribution is -2.31. The van der Waals surface area contributed by atoms with E-state index in [9.17, 15) is 9.59 Å². The van der Waals surface area contributed by atoms with Crippen LogP contribution in [0.1, 0.15) is 53.0 Å². The van der Waals surface area contributed by atoms with E-state index in [4.69, 9.17) is 9.47 Å². The van der Waals surface area contributed by atoms with Gasteiger partial charge in [0, 0.05) is 0 Å². The lowest BCUT2D eigenvalue weighted by Gasteiger charge is -2.24. The van der Waals surface area contributed by atoms with Gasteiger partial charge in [0.15, 0.2) is 0 Å². The third-order valence-electron chi connectivity index (χ3n) is 3.66. The first-order chi connectivity index (χ1) is 10.7. The largest absolute Gasteiger partial charge is 0.461 e. The standard InChI is InChI=1S/C19H28O4.H2S/c1-6-14(2)16(12-17(20)23-19(3,4)5)18(21)22-13-15-10-8-7-9-11-15;/h7-11,14,16H,6,12-13H2,1-5H3;1H2/t14?,16-;/m0./s1. The predicted molar refractivity (Wildman–Crippen MR) is 100 cm³/mol. The van der Waals surface area contributed by atoms with Crippen molar-refractivity contribution in [1.29, 1.82) is 0 Å². The van der Waals surface area contributed by atoms with Gasteiger partial charge >= 0.3 is 11.9 Å². The molecule has 0 heterocycles. The SMILES string of the molecule is CCC(C)[C@H](CC(=O)OC(C)(C)C)C(=O)OCc1ccccc1.S. The van der Waals surface area contributed by atoms with E-state index in [1.807, 2.05) is 65.0 Å². The summed E-state index contributed by atoms with van der Waals surface area (Å²) in [6.07, 6.45) is 0.855. The number of carbonyl (C=O) groups excluding carboxylic acids is 2. The predicted octanol–water partition coefficient (Wildman–Crippen LogP) is 4.24. The fraction of sp³-hybridized carbons (Fsp3) is 0.579. The molecule has 0 bridgehead atoms. The number of rotatable bonds is 7. The van der Waals surface area contributed by atoms with Gasteiger partial charge in [-0.3, -0.25) is 9.59 Å². The Morgan fingerprint density at radius 1 is 1.12 bits per heavy atom. The molecule has 0 aliphatic heterocycles. The molecule has 5 heteroatoms. The summed E-state index contributed by atoms with van der Waals surface area (Å²) >= 11 is 0. The maximum Gasteiger partial charge on any atom is 0.310 e. The molecule has 1 unspecified atom stereocenters. The van der Waals surface area contributed by atoms with Crippen molar-refractivity contribution in [2.24, 2.45) is 11.8 Å². The van der Waals surface area contributed by atoms with E-state index in [1.54, 1.807) is 0 Å². The van der Waals surface area contributed by atoms with Crippen LogP contribution in [-0.4, -0.2) is 17.5 Å². The van der Waals surface area contributed by atoms with Gasteiger partial charge < -0.3 is 9.47 Å². The van der Waals surface area contributed by atoms with Gasteiger partial charge in [-0.2, -0.15) is 13.5 Å². The molecule has 0 aliphatic rings. The number of hydrogen-bond donors (Lipinski definition) is 0. The minimum absolute atomic E-state index is 0. The Hall–Kier alpha value is -1.49. The zero-order valence-corrected chi connectivity index (χ0v) is 16.3. The lowest BCUT2D eigenvalue weighted by atomic mass is 9.89. The summed E-state index contributed by atoms with van der Waals surface area (Å²) in [5.74, 6) is -1.11. The zero-order valence-electron chi connectivity index (χ0n) is 15.3. The van der Waals surface area contributed by atoms with Crippen LogP contribution in [0.4, 0.5) is 0 Å². The summed E-state index contributed by atoms with van der Waals surface area (Å²) in [5.41, 5.74) is 0.381. The van der Waals surface area contributed by atoms with Crippen LogP contribution in [0.2, 0.25) is 0 Å². The monoisotopic (exact) mass is 354 g/mol. The maximum atomic E-state index is 12.4. The van der Waals surface area contributed by atoms with Gasteiger partial charge in [-0.25, -0.2) is 0 Å². The van der Waals surface area contributed by atoms with Crippen molar-refractivity contribution in [1.82, 2.24) is 0 Å². The summed E-state index contributed by atoms with van der Waals surface area (Å²) in [6, 6.07) is 9.51. The molecule has 0 amide bonds. The molecule has 0 aromatic heterocycles. The third-order valence-corrected chi connectivity index (χ3v) is 3.66. The Balaban J connectivity index is 0.00000529. The molecule has 0 aliphatic carbocycles. The van der Waals surface area contributed by atoms with Gasteiger partial charge in [0.05, 0.1) is 12.3 Å². The van der Waals surface area contributed by atoms with E-state index in [-0.39, 0.29) is 44.4 Å². The molecule has 0 saturated carbocycles. The molecule has 2 atom stereocenters. The van der Waals surface area contributed by atoms with Crippen molar-refractivity contribution >= 4 is 25.4 Å². The molecule has 0 spiro atoms. The van der Waals surface area contributed by atoms with Gasteiger partial charge in [-0.15, -0.1) is 0 Å². The first kappa shape index (κ1) is 22.5. The van der Waals surface area contributed by atoms with Gasteiger partial charge in [0.2, 0.25) is 0 Å². The second kappa shape index (κ2) is 10.4. The fourth-order valence-corrected chi connectivity index (χ4v) is 2.20. The van der Waals surface area contributed by atoms with Gasteiger partial charge in [-0.1, -0.05) is 50.6 Å². The van der Waals surface area contributed by atoms with Crippen LogP contribution in [0.3, 0.4) is 0 Å². The van der Waals surface area contributed by atoms with Gasteiger partial charge in [0.25, 0.3) is 0 Å². The molecule has 0 N–H and O–H groups in total. The van der Waals surface area contributed by atoms with Crippen LogP contribution >= 0.6 is 13.5 Å². The quantitative estimate of drug-likeness (QED) is 0.687. The van der Waals surface area contributed by atoms with Crippen molar-refractivity contribution in [3.8, 4) is 0 Å². The van der Waals surface area contributed by atoms with E-state index >= 15 is 0 Å². The molecule has 1 rings (SSSR count). The molecular formula is C19H30O4S. The van der Waals surface area contributed by atoms with Crippen LogP contribution in [0.5, 0.6) is 0 Å². The summed E-state index contributed by atoms with van der Waals surface area (Å²) in [7, 11) is 0. The average molecular weight is 355 g/mol. The highest BCUT2D eigenvalue weighted by molar-refractivity contribution is 7.59. The first-order valence-corrected chi connectivity index (χ1v) is 8.15. The zero-order chi connectivity index (χ0) is 17.5. The Bertz CT molecular complexity index is 508. The molecule has 4 nitrogen and oxygen atoms in total. The second-order valence-electron chi connectivity index (χ2n) is 6.88. The van der Waals surface area contributed by atoms with E-state index < -0.39 is 11.5 Å². The highest BCUT2D eigenvalue weighted by atomic mass is 32.1. The fourth-order valence-electron chi connectivity index (χ4n) is 2.20. The molecule has 24 heavy (non-hydrogen) atoms. The molecule has 1 aromatic rings. The molecular weight excluding hydrogens is 324 g/mol. The van der Waals surface area contributed by atoms with E-state index in [0.29, 0.717) is 0 Å². The van der Waals surface area contributed by atoms with Crippen LogP contribution in [-0.2, 0) is 25.7 Å². The normalized spacial score (nSPS) is 13.4. The number of esters is 2. The minimum atomic E-state index is -0.551. The number of benzene rings is 1. The van der Waals surface area contributed by atoms with Crippen molar-refractivity contribution < 1.29 is 19.1 Å². The summed E-state index contributed by atoms with van der Waals surface area (Å²) < 4.78 is 10.7. The van der Waals surface area contributed by atoms with Crippen LogP contribution < -0.4 is 0 Å². The highest BCUT2D eigenvalue weighted by Gasteiger charge is 2.30. The number of hydrogen-bond acceptors (Lipinski definition) is 4. The average Bonchev–Trinajstić information content (AvgIpc) is 2.49. The molecule has 136 valence electrons. The van der Waals surface area contributed by atoms with E-state index in [2.05, 4.69) is 0 Å². The Morgan fingerprint density at radius 2 is 1.71 bits per heavy atom.